The van der Waals surface area contributed by atoms with Crippen LogP contribution in [-0.2, 0) is 23.9 Å². The summed E-state index contributed by atoms with van der Waals surface area (Å²) >= 11 is 0. The van der Waals surface area contributed by atoms with Gasteiger partial charge in [0.2, 0.25) is 6.10 Å². The minimum atomic E-state index is -1.63. The fourth-order valence-electron chi connectivity index (χ4n) is 1.06. The van der Waals surface area contributed by atoms with E-state index in [0.717, 1.165) is 13.8 Å². The quantitative estimate of drug-likeness (QED) is 0.688. The van der Waals surface area contributed by atoms with Crippen molar-refractivity contribution in [1.82, 2.24) is 5.32 Å². The predicted molar refractivity (Wildman–Crippen MR) is 68.3 cm³/mol. The molecule has 0 unspecified atom stereocenters. The van der Waals surface area contributed by atoms with E-state index in [-0.39, 0.29) is 5.70 Å². The highest BCUT2D eigenvalue weighted by Gasteiger charge is 2.35. The van der Waals surface area contributed by atoms with Gasteiger partial charge >= 0.3 is 17.9 Å². The third-order valence-corrected chi connectivity index (χ3v) is 1.77. The number of carbonyl (C=O) groups excluding carboxylic acids is 2. The number of hydrogen-bond donors (Lipinski definition) is 2. The normalized spacial score (nSPS) is 12.1. The molecule has 0 aliphatic heterocycles. The van der Waals surface area contributed by atoms with Crippen LogP contribution in [0.5, 0.6) is 0 Å². The third-order valence-electron chi connectivity index (χ3n) is 1.77. The van der Waals surface area contributed by atoms with Gasteiger partial charge in [-0.2, -0.15) is 0 Å². The van der Waals surface area contributed by atoms with E-state index in [0.29, 0.717) is 0 Å². The van der Waals surface area contributed by atoms with E-state index in [1.54, 1.807) is 0 Å². The number of esters is 2. The van der Waals surface area contributed by atoms with Crippen molar-refractivity contribution in [2.24, 2.45) is 0 Å². The Bertz CT molecular complexity index is 339. The summed E-state index contributed by atoms with van der Waals surface area (Å²) < 4.78 is 9.35. The highest BCUT2D eigenvalue weighted by atomic mass is 16.6. The van der Waals surface area contributed by atoms with Crippen molar-refractivity contribution < 1.29 is 29.0 Å². The lowest BCUT2D eigenvalue weighted by molar-refractivity contribution is -0.175. The van der Waals surface area contributed by atoms with Crippen molar-refractivity contribution >= 4 is 17.9 Å². The molecule has 0 heterocycles. The zero-order valence-electron chi connectivity index (χ0n) is 11.9. The molecule has 0 rings (SSSR count). The number of carboxylic acid groups (broad SMARTS) is 1. The fourth-order valence-corrected chi connectivity index (χ4v) is 1.06. The summed E-state index contributed by atoms with van der Waals surface area (Å²) in [6.45, 7) is 9.67. The Hall–Kier alpha value is -2.05. The van der Waals surface area contributed by atoms with Gasteiger partial charge < -0.3 is 19.9 Å². The standard InChI is InChI=1S/C10H15NO6.C2H6/c1-5(11-4)8(16-6(2)12)9(10(14)15)17-7(3)13;1-2/h8-9,11H,1H2,2-4H3,(H,14,15);1-2H3/t8-,9+;/m0./s1. The van der Waals surface area contributed by atoms with Gasteiger partial charge in [-0.3, -0.25) is 9.59 Å². The van der Waals surface area contributed by atoms with Gasteiger partial charge in [-0.05, 0) is 0 Å². The van der Waals surface area contributed by atoms with Gasteiger partial charge in [0.1, 0.15) is 0 Å². The third kappa shape index (κ3) is 7.80. The number of ether oxygens (including phenoxy) is 2. The van der Waals surface area contributed by atoms with E-state index in [2.05, 4.69) is 16.6 Å². The zero-order valence-corrected chi connectivity index (χ0v) is 11.9. The molecular formula is C12H21NO6. The lowest BCUT2D eigenvalue weighted by Gasteiger charge is -2.24. The molecule has 2 N–H and O–H groups in total. The Labute approximate surface area is 112 Å². The van der Waals surface area contributed by atoms with Crippen LogP contribution in [0.3, 0.4) is 0 Å². The van der Waals surface area contributed by atoms with Crippen LogP contribution in [-0.4, -0.2) is 42.3 Å². The summed E-state index contributed by atoms with van der Waals surface area (Å²) in [4.78, 5) is 32.6. The lowest BCUT2D eigenvalue weighted by Crippen LogP contribution is -2.43. The van der Waals surface area contributed by atoms with Crippen molar-refractivity contribution in [3.63, 3.8) is 0 Å². The predicted octanol–water partition coefficient (Wildman–Crippen LogP) is 0.694. The average Bonchev–Trinajstić information content (AvgIpc) is 2.34. The number of aliphatic carboxylic acids is 1. The smallest absolute Gasteiger partial charge is 0.349 e. The first kappa shape index (κ1) is 19.3. The van der Waals surface area contributed by atoms with Crippen LogP contribution in [0.1, 0.15) is 27.7 Å². The number of hydrogen-bond acceptors (Lipinski definition) is 6. The first-order valence-corrected chi connectivity index (χ1v) is 5.73. The van der Waals surface area contributed by atoms with Crippen molar-refractivity contribution in [2.75, 3.05) is 7.05 Å². The highest BCUT2D eigenvalue weighted by Crippen LogP contribution is 2.12. The Morgan fingerprint density at radius 2 is 1.42 bits per heavy atom. The van der Waals surface area contributed by atoms with Crippen LogP contribution >= 0.6 is 0 Å². The van der Waals surface area contributed by atoms with Crippen molar-refractivity contribution in [1.29, 1.82) is 0 Å². The molecule has 0 saturated carbocycles. The molecule has 7 heteroatoms. The van der Waals surface area contributed by atoms with E-state index < -0.39 is 30.1 Å². The molecule has 0 aliphatic rings. The Morgan fingerprint density at radius 1 is 1.05 bits per heavy atom. The molecular weight excluding hydrogens is 254 g/mol. The maximum Gasteiger partial charge on any atom is 0.349 e. The van der Waals surface area contributed by atoms with E-state index in [4.69, 9.17) is 9.84 Å². The summed E-state index contributed by atoms with van der Waals surface area (Å²) in [6.07, 6.45) is -2.91. The van der Waals surface area contributed by atoms with E-state index >= 15 is 0 Å². The molecule has 110 valence electrons. The van der Waals surface area contributed by atoms with Crippen molar-refractivity contribution in [3.05, 3.63) is 12.3 Å². The van der Waals surface area contributed by atoms with Crippen LogP contribution in [0.4, 0.5) is 0 Å². The summed E-state index contributed by atoms with van der Waals surface area (Å²) in [5.41, 5.74) is 0.119. The van der Waals surface area contributed by atoms with Gasteiger partial charge in [0.15, 0.2) is 6.10 Å². The Morgan fingerprint density at radius 3 is 1.68 bits per heavy atom. The molecule has 0 aromatic heterocycles. The topological polar surface area (TPSA) is 102 Å². The van der Waals surface area contributed by atoms with Crippen LogP contribution in [0.15, 0.2) is 12.3 Å². The monoisotopic (exact) mass is 275 g/mol. The summed E-state index contributed by atoms with van der Waals surface area (Å²) in [5, 5.41) is 11.5. The van der Waals surface area contributed by atoms with Crippen molar-refractivity contribution in [3.8, 4) is 0 Å². The molecule has 0 aromatic rings. The molecule has 0 saturated heterocycles. The molecule has 0 aromatic carbocycles. The SMILES string of the molecule is C=C(NC)[C@H](OC(C)=O)[C@@H](OC(C)=O)C(=O)O.CC. The minimum absolute atomic E-state index is 0.119. The fraction of sp³-hybridized carbons (Fsp3) is 0.583. The second-order valence-electron chi connectivity index (χ2n) is 3.17. The second kappa shape index (κ2) is 9.93. The van der Waals surface area contributed by atoms with Crippen LogP contribution in [0, 0.1) is 0 Å². The van der Waals surface area contributed by atoms with Gasteiger partial charge in [0.05, 0.1) is 0 Å². The molecule has 7 nitrogen and oxygen atoms in total. The molecule has 0 bridgehead atoms. The van der Waals surface area contributed by atoms with Gasteiger partial charge in [-0.25, -0.2) is 4.79 Å². The molecule has 0 aliphatic carbocycles. The van der Waals surface area contributed by atoms with Crippen LogP contribution < -0.4 is 5.32 Å². The summed E-state index contributed by atoms with van der Waals surface area (Å²) in [7, 11) is 1.48. The van der Waals surface area contributed by atoms with Gasteiger partial charge in [0, 0.05) is 26.6 Å². The van der Waals surface area contributed by atoms with Gasteiger partial charge in [-0.1, -0.05) is 20.4 Å². The lowest BCUT2D eigenvalue weighted by atomic mass is 10.1. The summed E-state index contributed by atoms with van der Waals surface area (Å²) in [6, 6.07) is 0. The Balaban J connectivity index is 0. The molecule has 2 atom stereocenters. The first-order chi connectivity index (χ1) is 8.79. The van der Waals surface area contributed by atoms with E-state index in [1.165, 1.54) is 7.05 Å². The maximum absolute atomic E-state index is 10.9. The molecule has 0 fully saturated rings. The zero-order chi connectivity index (χ0) is 15.6. The number of carbonyl (C=O) groups is 3. The largest absolute Gasteiger partial charge is 0.478 e. The first-order valence-electron chi connectivity index (χ1n) is 5.73. The average molecular weight is 275 g/mol. The molecule has 19 heavy (non-hydrogen) atoms. The minimum Gasteiger partial charge on any atom is -0.478 e. The molecule has 0 spiro atoms. The number of likely N-dealkylation sites (N-methyl/N-ethyl adjacent to an activating group) is 1. The number of carboxylic acids is 1. The molecule has 0 radical (unpaired) electrons. The van der Waals surface area contributed by atoms with Gasteiger partial charge in [-0.15, -0.1) is 0 Å². The van der Waals surface area contributed by atoms with E-state index in [9.17, 15) is 14.4 Å². The van der Waals surface area contributed by atoms with Crippen LogP contribution in [0.25, 0.3) is 0 Å². The molecule has 0 amide bonds. The highest BCUT2D eigenvalue weighted by molar-refractivity contribution is 5.79. The van der Waals surface area contributed by atoms with Crippen molar-refractivity contribution in [2.45, 2.75) is 39.9 Å². The van der Waals surface area contributed by atoms with Crippen LogP contribution in [0.2, 0.25) is 0 Å². The number of nitrogens with one attached hydrogen (secondary N) is 1. The van der Waals surface area contributed by atoms with E-state index in [1.807, 2.05) is 13.8 Å². The second-order valence-corrected chi connectivity index (χ2v) is 3.17. The van der Waals surface area contributed by atoms with Gasteiger partial charge in [0.25, 0.3) is 0 Å². The number of rotatable bonds is 6. The Kier molecular flexibility index (Phi) is 10.1. The summed E-state index contributed by atoms with van der Waals surface area (Å²) in [5.74, 6) is -2.92. The maximum atomic E-state index is 10.9.